The zero-order valence-electron chi connectivity index (χ0n) is 15.4. The van der Waals surface area contributed by atoms with E-state index in [0.717, 1.165) is 41.8 Å². The summed E-state index contributed by atoms with van der Waals surface area (Å²) in [4.78, 5) is 12.3. The Hall–Kier alpha value is -1.97. The van der Waals surface area contributed by atoms with Crippen molar-refractivity contribution >= 4 is 26.9 Å². The second kappa shape index (κ2) is 6.29. The molecule has 0 radical (unpaired) electrons. The van der Waals surface area contributed by atoms with Gasteiger partial charge in [0.05, 0.1) is 23.4 Å². The number of piperidine rings is 1. The first-order chi connectivity index (χ1) is 13.1. The van der Waals surface area contributed by atoms with Crippen LogP contribution in [-0.4, -0.2) is 62.6 Å². The standard InChI is InChI=1S/C18H24N6O2S/c1-13-5-9-23(27(25,26)22-7-2-3-8-22)12-15(13)18-21-11-14-10-20-17-16(24(14)18)4-6-19-17/h4,6,10-11,13,15,19H,2-3,5,7-9,12H2,1H3/t13-,15+/m1/s1. The van der Waals surface area contributed by atoms with E-state index < -0.39 is 10.2 Å². The summed E-state index contributed by atoms with van der Waals surface area (Å²) in [6.07, 6.45) is 8.26. The van der Waals surface area contributed by atoms with Gasteiger partial charge < -0.3 is 4.98 Å². The Morgan fingerprint density at radius 1 is 1.11 bits per heavy atom. The van der Waals surface area contributed by atoms with Crippen molar-refractivity contribution in [3.8, 4) is 0 Å². The van der Waals surface area contributed by atoms with Crippen molar-refractivity contribution < 1.29 is 8.42 Å². The summed E-state index contributed by atoms with van der Waals surface area (Å²) in [5.74, 6) is 1.34. The minimum absolute atomic E-state index is 0.0547. The molecule has 2 saturated heterocycles. The molecule has 0 bridgehead atoms. The zero-order valence-corrected chi connectivity index (χ0v) is 16.2. The molecule has 0 unspecified atom stereocenters. The number of hydrogen-bond acceptors (Lipinski definition) is 4. The highest BCUT2D eigenvalue weighted by Crippen LogP contribution is 2.35. The average Bonchev–Trinajstić information content (AvgIpc) is 3.40. The number of nitrogens with one attached hydrogen (secondary N) is 1. The van der Waals surface area contributed by atoms with Crippen LogP contribution in [-0.2, 0) is 10.2 Å². The molecule has 2 aliphatic rings. The van der Waals surface area contributed by atoms with Crippen molar-refractivity contribution in [2.24, 2.45) is 5.92 Å². The minimum atomic E-state index is -3.38. The average molecular weight is 388 g/mol. The van der Waals surface area contributed by atoms with Crippen molar-refractivity contribution in [1.29, 1.82) is 0 Å². The molecule has 0 saturated carbocycles. The summed E-state index contributed by atoms with van der Waals surface area (Å²) < 4.78 is 31.5. The second-order valence-electron chi connectivity index (χ2n) is 7.69. The van der Waals surface area contributed by atoms with E-state index in [9.17, 15) is 8.42 Å². The summed E-state index contributed by atoms with van der Waals surface area (Å²) in [5, 5.41) is 0. The van der Waals surface area contributed by atoms with Gasteiger partial charge in [0.15, 0.2) is 5.65 Å². The molecule has 2 fully saturated rings. The predicted octanol–water partition coefficient (Wildman–Crippen LogP) is 1.98. The summed E-state index contributed by atoms with van der Waals surface area (Å²) >= 11 is 0. The maximum absolute atomic E-state index is 13.1. The van der Waals surface area contributed by atoms with E-state index in [1.807, 2.05) is 24.7 Å². The predicted molar refractivity (Wildman–Crippen MR) is 103 cm³/mol. The molecule has 1 N–H and O–H groups in total. The van der Waals surface area contributed by atoms with Crippen molar-refractivity contribution in [3.63, 3.8) is 0 Å². The maximum Gasteiger partial charge on any atom is 0.281 e. The monoisotopic (exact) mass is 388 g/mol. The normalized spacial score (nSPS) is 25.7. The summed E-state index contributed by atoms with van der Waals surface area (Å²) in [7, 11) is -3.38. The van der Waals surface area contributed by atoms with E-state index in [0.29, 0.717) is 32.1 Å². The summed E-state index contributed by atoms with van der Waals surface area (Å²) in [6, 6.07) is 1.99. The van der Waals surface area contributed by atoms with Gasteiger partial charge in [0.2, 0.25) is 0 Å². The van der Waals surface area contributed by atoms with E-state index >= 15 is 0 Å². The van der Waals surface area contributed by atoms with Gasteiger partial charge in [-0.2, -0.15) is 17.0 Å². The Kier molecular flexibility index (Phi) is 3.99. The molecule has 3 aromatic heterocycles. The van der Waals surface area contributed by atoms with Gasteiger partial charge in [-0.25, -0.2) is 9.97 Å². The number of fused-ring (bicyclic) bond motifs is 3. The third-order valence-electron chi connectivity index (χ3n) is 6.06. The van der Waals surface area contributed by atoms with Crippen molar-refractivity contribution in [1.82, 2.24) is 28.0 Å². The van der Waals surface area contributed by atoms with Crippen LogP contribution in [0.3, 0.4) is 0 Å². The van der Waals surface area contributed by atoms with Crippen LogP contribution in [0.25, 0.3) is 16.7 Å². The van der Waals surface area contributed by atoms with Gasteiger partial charge in [-0.05, 0) is 31.2 Å². The SMILES string of the molecule is C[C@@H]1CCN(S(=O)(=O)N2CCCC2)C[C@@H]1c1ncc2cnc3[nH]ccc3n12. The molecule has 5 rings (SSSR count). The number of imidazole rings is 1. The fourth-order valence-corrected chi connectivity index (χ4v) is 6.16. The molecule has 3 aromatic rings. The second-order valence-corrected chi connectivity index (χ2v) is 9.62. The molecule has 144 valence electrons. The zero-order chi connectivity index (χ0) is 18.6. The molecule has 2 atom stereocenters. The molecule has 9 heteroatoms. The number of hydrogen-bond donors (Lipinski definition) is 1. The Morgan fingerprint density at radius 2 is 1.89 bits per heavy atom. The van der Waals surface area contributed by atoms with E-state index in [1.54, 1.807) is 8.61 Å². The molecule has 27 heavy (non-hydrogen) atoms. The lowest BCUT2D eigenvalue weighted by atomic mass is 9.87. The Balaban J connectivity index is 1.54. The Labute approximate surface area is 158 Å². The van der Waals surface area contributed by atoms with Crippen LogP contribution >= 0.6 is 0 Å². The topological polar surface area (TPSA) is 86.6 Å². The van der Waals surface area contributed by atoms with E-state index in [4.69, 9.17) is 0 Å². The van der Waals surface area contributed by atoms with Gasteiger partial charge >= 0.3 is 0 Å². The van der Waals surface area contributed by atoms with Crippen molar-refractivity contribution in [2.75, 3.05) is 26.2 Å². The van der Waals surface area contributed by atoms with E-state index in [1.165, 1.54) is 0 Å². The smallest absolute Gasteiger partial charge is 0.281 e. The highest BCUT2D eigenvalue weighted by Gasteiger charge is 2.39. The quantitative estimate of drug-likeness (QED) is 0.743. The van der Waals surface area contributed by atoms with Gasteiger partial charge in [0.1, 0.15) is 5.82 Å². The van der Waals surface area contributed by atoms with Crippen molar-refractivity contribution in [3.05, 3.63) is 30.5 Å². The Bertz CT molecular complexity index is 1080. The van der Waals surface area contributed by atoms with Crippen LogP contribution in [0.15, 0.2) is 24.7 Å². The first kappa shape index (κ1) is 17.2. The van der Waals surface area contributed by atoms with Gasteiger partial charge in [0, 0.05) is 38.3 Å². The molecule has 0 aromatic carbocycles. The fraction of sp³-hybridized carbons (Fsp3) is 0.556. The number of nitrogens with zero attached hydrogens (tertiary/aromatic N) is 5. The number of aromatic nitrogens is 4. The van der Waals surface area contributed by atoms with Crippen LogP contribution < -0.4 is 0 Å². The third kappa shape index (κ3) is 2.67. The van der Waals surface area contributed by atoms with Gasteiger partial charge in [0.25, 0.3) is 10.2 Å². The lowest BCUT2D eigenvalue weighted by Crippen LogP contribution is -2.48. The Morgan fingerprint density at radius 3 is 2.70 bits per heavy atom. The van der Waals surface area contributed by atoms with Gasteiger partial charge in [-0.15, -0.1) is 0 Å². The summed E-state index contributed by atoms with van der Waals surface area (Å²) in [5.41, 5.74) is 2.72. The maximum atomic E-state index is 13.1. The van der Waals surface area contributed by atoms with Crippen LogP contribution in [0.2, 0.25) is 0 Å². The van der Waals surface area contributed by atoms with Crippen LogP contribution in [0, 0.1) is 5.92 Å². The molecular weight excluding hydrogens is 364 g/mol. The lowest BCUT2D eigenvalue weighted by molar-refractivity contribution is 0.233. The molecule has 0 spiro atoms. The van der Waals surface area contributed by atoms with Gasteiger partial charge in [-0.1, -0.05) is 6.92 Å². The van der Waals surface area contributed by atoms with Crippen LogP contribution in [0.1, 0.15) is 37.9 Å². The molecule has 2 aliphatic heterocycles. The van der Waals surface area contributed by atoms with Crippen molar-refractivity contribution in [2.45, 2.75) is 32.1 Å². The highest BCUT2D eigenvalue weighted by molar-refractivity contribution is 7.86. The van der Waals surface area contributed by atoms with Gasteiger partial charge in [-0.3, -0.25) is 4.40 Å². The van der Waals surface area contributed by atoms with Crippen LogP contribution in [0.5, 0.6) is 0 Å². The fourth-order valence-electron chi connectivity index (χ4n) is 4.43. The third-order valence-corrected chi connectivity index (χ3v) is 8.06. The molecule has 8 nitrogen and oxygen atoms in total. The van der Waals surface area contributed by atoms with E-state index in [-0.39, 0.29) is 5.92 Å². The molecule has 0 amide bonds. The summed E-state index contributed by atoms with van der Waals surface area (Å²) in [6.45, 7) is 4.54. The minimum Gasteiger partial charge on any atom is -0.345 e. The molecular formula is C18H24N6O2S. The molecule has 5 heterocycles. The number of H-pyrrole nitrogens is 1. The molecule has 0 aliphatic carbocycles. The lowest BCUT2D eigenvalue weighted by Gasteiger charge is -2.37. The highest BCUT2D eigenvalue weighted by atomic mass is 32.2. The largest absolute Gasteiger partial charge is 0.345 e. The van der Waals surface area contributed by atoms with Crippen LogP contribution in [0.4, 0.5) is 0 Å². The number of rotatable bonds is 3. The van der Waals surface area contributed by atoms with E-state index in [2.05, 4.69) is 26.3 Å². The number of aromatic amines is 1. The first-order valence-corrected chi connectivity index (χ1v) is 11.0. The first-order valence-electron chi connectivity index (χ1n) is 9.60.